The molecule has 0 heterocycles. The molecule has 2 saturated carbocycles. The van der Waals surface area contributed by atoms with Crippen molar-refractivity contribution in [3.05, 3.63) is 0 Å². The van der Waals surface area contributed by atoms with Crippen molar-refractivity contribution in [2.45, 2.75) is 52.9 Å². The molecule has 0 bridgehead atoms. The molecule has 0 N–H and O–H groups in total. The van der Waals surface area contributed by atoms with E-state index in [0.717, 1.165) is 23.2 Å². The largest absolute Gasteiger partial charge is 0.0648 e. The van der Waals surface area contributed by atoms with E-state index < -0.39 is 0 Å². The Kier molecular flexibility index (Phi) is 1.97. The van der Waals surface area contributed by atoms with Gasteiger partial charge in [0.15, 0.2) is 0 Å². The van der Waals surface area contributed by atoms with Gasteiger partial charge in [-0.1, -0.05) is 33.6 Å². The molecule has 2 fully saturated rings. The minimum Gasteiger partial charge on any atom is -0.0648 e. The molecule has 12 heavy (non-hydrogen) atoms. The summed E-state index contributed by atoms with van der Waals surface area (Å²) in [6, 6.07) is 0. The van der Waals surface area contributed by atoms with Crippen LogP contribution in [0.3, 0.4) is 0 Å². The maximum Gasteiger partial charge on any atom is -0.0269 e. The van der Waals surface area contributed by atoms with Crippen molar-refractivity contribution in [3.8, 4) is 0 Å². The molecule has 0 aliphatic heterocycles. The highest BCUT2D eigenvalue weighted by atomic mass is 14.6. The Balaban J connectivity index is 1.86. The summed E-state index contributed by atoms with van der Waals surface area (Å²) in [4.78, 5) is 0. The molecule has 0 aromatic carbocycles. The second-order valence-corrected chi connectivity index (χ2v) is 5.34. The average Bonchev–Trinajstić information content (AvgIpc) is 2.71. The fraction of sp³-hybridized carbons (Fsp3) is 1.00. The molecule has 0 aromatic heterocycles. The number of hydrogen-bond donors (Lipinski definition) is 0. The molecular formula is C12H22. The zero-order valence-electron chi connectivity index (χ0n) is 8.77. The first-order chi connectivity index (χ1) is 5.68. The number of rotatable bonds is 3. The van der Waals surface area contributed by atoms with Gasteiger partial charge in [0, 0.05) is 0 Å². The van der Waals surface area contributed by atoms with Crippen LogP contribution in [-0.2, 0) is 0 Å². The van der Waals surface area contributed by atoms with Crippen molar-refractivity contribution in [2.24, 2.45) is 23.2 Å². The Morgan fingerprint density at radius 3 is 2.17 bits per heavy atom. The molecule has 70 valence electrons. The summed E-state index contributed by atoms with van der Waals surface area (Å²) < 4.78 is 0. The lowest BCUT2D eigenvalue weighted by Crippen LogP contribution is -2.26. The first-order valence-electron chi connectivity index (χ1n) is 5.68. The lowest BCUT2D eigenvalue weighted by molar-refractivity contribution is 0.142. The highest BCUT2D eigenvalue weighted by Crippen LogP contribution is 2.61. The van der Waals surface area contributed by atoms with Crippen molar-refractivity contribution in [1.29, 1.82) is 0 Å². The molecule has 2 aliphatic rings. The van der Waals surface area contributed by atoms with Crippen LogP contribution in [0.1, 0.15) is 52.9 Å². The minimum absolute atomic E-state index is 0.805. The topological polar surface area (TPSA) is 0 Å². The molecule has 0 aromatic rings. The lowest BCUT2D eigenvalue weighted by Gasteiger charge is -2.36. The Bertz CT molecular complexity index is 169. The van der Waals surface area contributed by atoms with Crippen LogP contribution < -0.4 is 0 Å². The smallest absolute Gasteiger partial charge is 0.0269 e. The highest BCUT2D eigenvalue weighted by Gasteiger charge is 2.51. The summed E-state index contributed by atoms with van der Waals surface area (Å²) in [6.45, 7) is 7.25. The van der Waals surface area contributed by atoms with Gasteiger partial charge >= 0.3 is 0 Å². The van der Waals surface area contributed by atoms with Gasteiger partial charge in [0.25, 0.3) is 0 Å². The maximum absolute atomic E-state index is 2.44. The fourth-order valence-electron chi connectivity index (χ4n) is 3.03. The average molecular weight is 166 g/mol. The summed E-state index contributed by atoms with van der Waals surface area (Å²) in [5, 5.41) is 0. The van der Waals surface area contributed by atoms with Crippen LogP contribution in [0.4, 0.5) is 0 Å². The van der Waals surface area contributed by atoms with Crippen molar-refractivity contribution in [1.82, 2.24) is 0 Å². The van der Waals surface area contributed by atoms with Gasteiger partial charge in [0.1, 0.15) is 0 Å². The molecule has 0 amide bonds. The van der Waals surface area contributed by atoms with Gasteiger partial charge in [-0.25, -0.2) is 0 Å². The molecular weight excluding hydrogens is 144 g/mol. The summed E-state index contributed by atoms with van der Waals surface area (Å²) in [7, 11) is 0. The van der Waals surface area contributed by atoms with Crippen LogP contribution >= 0.6 is 0 Å². The Morgan fingerprint density at radius 2 is 1.92 bits per heavy atom. The monoisotopic (exact) mass is 166 g/mol. The van der Waals surface area contributed by atoms with Crippen LogP contribution in [0.15, 0.2) is 0 Å². The van der Waals surface area contributed by atoms with Crippen LogP contribution in [0.2, 0.25) is 0 Å². The maximum atomic E-state index is 2.44. The molecule has 0 heteroatoms. The van der Waals surface area contributed by atoms with Crippen LogP contribution in [-0.4, -0.2) is 0 Å². The molecule has 2 aliphatic carbocycles. The Morgan fingerprint density at radius 1 is 1.25 bits per heavy atom. The van der Waals surface area contributed by atoms with Crippen molar-refractivity contribution in [2.75, 3.05) is 0 Å². The minimum atomic E-state index is 0.805. The normalized spacial score (nSPS) is 51.8. The van der Waals surface area contributed by atoms with Crippen molar-refractivity contribution < 1.29 is 0 Å². The third-order valence-corrected chi connectivity index (χ3v) is 4.77. The van der Waals surface area contributed by atoms with Gasteiger partial charge < -0.3 is 0 Å². The quantitative estimate of drug-likeness (QED) is 0.597. The SMILES string of the molecule is CCC1(CC2CCC2C)CC1C. The zero-order chi connectivity index (χ0) is 8.77. The van der Waals surface area contributed by atoms with Crippen LogP contribution in [0.25, 0.3) is 0 Å². The third kappa shape index (κ3) is 1.20. The van der Waals surface area contributed by atoms with Gasteiger partial charge in [-0.15, -0.1) is 0 Å². The van der Waals surface area contributed by atoms with Crippen molar-refractivity contribution >= 4 is 0 Å². The molecule has 4 atom stereocenters. The van der Waals surface area contributed by atoms with E-state index in [1.165, 1.54) is 25.7 Å². The van der Waals surface area contributed by atoms with Gasteiger partial charge in [0.2, 0.25) is 0 Å². The summed E-state index contributed by atoms with van der Waals surface area (Å²) >= 11 is 0. The first-order valence-corrected chi connectivity index (χ1v) is 5.68. The summed E-state index contributed by atoms with van der Waals surface area (Å²) in [5.74, 6) is 3.17. The molecule has 0 nitrogen and oxygen atoms in total. The third-order valence-electron chi connectivity index (χ3n) is 4.77. The van der Waals surface area contributed by atoms with Gasteiger partial charge in [-0.05, 0) is 42.4 Å². The predicted molar refractivity (Wildman–Crippen MR) is 53.0 cm³/mol. The molecule has 0 spiro atoms. The van der Waals surface area contributed by atoms with Gasteiger partial charge in [-0.3, -0.25) is 0 Å². The van der Waals surface area contributed by atoms with Crippen LogP contribution in [0.5, 0.6) is 0 Å². The Labute approximate surface area is 76.7 Å². The summed E-state index contributed by atoms with van der Waals surface area (Å²) in [6.07, 6.45) is 7.52. The summed E-state index contributed by atoms with van der Waals surface area (Å²) in [5.41, 5.74) is 0.805. The second kappa shape index (κ2) is 2.75. The van der Waals surface area contributed by atoms with Gasteiger partial charge in [0.05, 0.1) is 0 Å². The van der Waals surface area contributed by atoms with E-state index >= 15 is 0 Å². The van der Waals surface area contributed by atoms with Crippen molar-refractivity contribution in [3.63, 3.8) is 0 Å². The zero-order valence-corrected chi connectivity index (χ0v) is 8.77. The van der Waals surface area contributed by atoms with E-state index in [2.05, 4.69) is 20.8 Å². The van der Waals surface area contributed by atoms with E-state index in [4.69, 9.17) is 0 Å². The second-order valence-electron chi connectivity index (χ2n) is 5.34. The van der Waals surface area contributed by atoms with E-state index in [9.17, 15) is 0 Å². The van der Waals surface area contributed by atoms with E-state index in [-0.39, 0.29) is 0 Å². The van der Waals surface area contributed by atoms with E-state index in [1.54, 1.807) is 6.42 Å². The highest BCUT2D eigenvalue weighted by molar-refractivity contribution is 5.01. The van der Waals surface area contributed by atoms with Gasteiger partial charge in [-0.2, -0.15) is 0 Å². The lowest BCUT2D eigenvalue weighted by atomic mass is 9.69. The standard InChI is InChI=1S/C12H22/c1-4-12(7-10(12)3)8-11-6-5-9(11)2/h9-11H,4-8H2,1-3H3. The molecule has 0 radical (unpaired) electrons. The van der Waals surface area contributed by atoms with E-state index in [0.29, 0.717) is 0 Å². The molecule has 2 rings (SSSR count). The molecule has 4 unspecified atom stereocenters. The Hall–Kier alpha value is 0. The molecule has 0 saturated heterocycles. The first kappa shape index (κ1) is 8.59. The van der Waals surface area contributed by atoms with Crippen LogP contribution in [0, 0.1) is 23.2 Å². The van der Waals surface area contributed by atoms with E-state index in [1.807, 2.05) is 0 Å². The number of hydrogen-bond acceptors (Lipinski definition) is 0. The predicted octanol–water partition coefficient (Wildman–Crippen LogP) is 3.86. The fourth-order valence-corrected chi connectivity index (χ4v) is 3.03.